The summed E-state index contributed by atoms with van der Waals surface area (Å²) in [7, 11) is 0. The average molecular weight is 272 g/mol. The van der Waals surface area contributed by atoms with Crippen molar-refractivity contribution in [1.82, 2.24) is 15.4 Å². The molecular formula is C14H18N5O+. The lowest BCUT2D eigenvalue weighted by Crippen LogP contribution is -2.69. The van der Waals surface area contributed by atoms with Crippen molar-refractivity contribution in [2.75, 3.05) is 0 Å². The van der Waals surface area contributed by atoms with E-state index in [9.17, 15) is 4.79 Å². The maximum Gasteiger partial charge on any atom is 0.298 e. The minimum Gasteiger partial charge on any atom is -0.347 e. The van der Waals surface area contributed by atoms with Crippen LogP contribution in [0.1, 0.15) is 19.4 Å². The Morgan fingerprint density at radius 2 is 2.00 bits per heavy atom. The number of quaternary nitrogens is 1. The molecule has 0 unspecified atom stereocenters. The van der Waals surface area contributed by atoms with Crippen molar-refractivity contribution in [2.45, 2.75) is 19.9 Å². The van der Waals surface area contributed by atoms with Crippen molar-refractivity contribution in [3.05, 3.63) is 36.2 Å². The van der Waals surface area contributed by atoms with Crippen LogP contribution in [0.4, 0.5) is 0 Å². The summed E-state index contributed by atoms with van der Waals surface area (Å²) in [5.74, 6) is -0.00188. The van der Waals surface area contributed by atoms with E-state index >= 15 is 0 Å². The van der Waals surface area contributed by atoms with E-state index in [-0.39, 0.29) is 17.9 Å². The SMILES string of the molecule is CC(C)[C@@H]([NH3+])C(=O)NN=Cc1ccc2nccnc2c1. The maximum atomic E-state index is 11.7. The van der Waals surface area contributed by atoms with E-state index in [1.165, 1.54) is 0 Å². The quantitative estimate of drug-likeness (QED) is 0.621. The van der Waals surface area contributed by atoms with Crippen LogP contribution in [0, 0.1) is 5.92 Å². The monoisotopic (exact) mass is 272 g/mol. The molecule has 0 spiro atoms. The molecule has 2 aromatic rings. The van der Waals surface area contributed by atoms with Gasteiger partial charge in [0.15, 0.2) is 6.04 Å². The number of rotatable bonds is 4. The first-order valence-electron chi connectivity index (χ1n) is 6.44. The zero-order valence-corrected chi connectivity index (χ0v) is 11.6. The molecule has 0 radical (unpaired) electrons. The summed E-state index contributed by atoms with van der Waals surface area (Å²) in [6, 6.07) is 5.29. The molecule has 1 heterocycles. The third-order valence-electron chi connectivity index (χ3n) is 3.02. The molecule has 4 N–H and O–H groups in total. The van der Waals surface area contributed by atoms with Gasteiger partial charge in [0.1, 0.15) is 0 Å². The van der Waals surface area contributed by atoms with Crippen LogP contribution < -0.4 is 11.2 Å². The first-order chi connectivity index (χ1) is 9.58. The van der Waals surface area contributed by atoms with E-state index in [0.717, 1.165) is 16.6 Å². The molecule has 20 heavy (non-hydrogen) atoms. The summed E-state index contributed by atoms with van der Waals surface area (Å²) >= 11 is 0. The van der Waals surface area contributed by atoms with Gasteiger partial charge in [-0.05, 0) is 17.7 Å². The summed E-state index contributed by atoms with van der Waals surface area (Å²) in [6.45, 7) is 3.89. The second kappa shape index (κ2) is 6.21. The van der Waals surface area contributed by atoms with Gasteiger partial charge >= 0.3 is 0 Å². The largest absolute Gasteiger partial charge is 0.347 e. The van der Waals surface area contributed by atoms with Crippen LogP contribution in [0.15, 0.2) is 35.7 Å². The number of amides is 1. The summed E-state index contributed by atoms with van der Waals surface area (Å²) < 4.78 is 0. The van der Waals surface area contributed by atoms with Crippen LogP contribution in [0.5, 0.6) is 0 Å². The molecule has 0 fully saturated rings. The molecule has 104 valence electrons. The summed E-state index contributed by atoms with van der Waals surface area (Å²) in [6.07, 6.45) is 4.87. The van der Waals surface area contributed by atoms with E-state index < -0.39 is 0 Å². The van der Waals surface area contributed by atoms with Gasteiger partial charge < -0.3 is 5.73 Å². The number of carbonyl (C=O) groups excluding carboxylic acids is 1. The molecule has 0 aliphatic carbocycles. The molecule has 0 aliphatic heterocycles. The van der Waals surface area contributed by atoms with Crippen LogP contribution in [0.2, 0.25) is 0 Å². The number of hydrogen-bond donors (Lipinski definition) is 2. The Hall–Kier alpha value is -2.34. The Bertz CT molecular complexity index is 638. The molecule has 6 nitrogen and oxygen atoms in total. The Morgan fingerprint density at radius 1 is 1.30 bits per heavy atom. The third kappa shape index (κ3) is 3.36. The van der Waals surface area contributed by atoms with E-state index in [0.29, 0.717) is 0 Å². The normalized spacial score (nSPS) is 13.0. The number of aromatic nitrogens is 2. The predicted octanol–water partition coefficient (Wildman–Crippen LogP) is 0.346. The number of fused-ring (bicyclic) bond motifs is 1. The zero-order valence-electron chi connectivity index (χ0n) is 11.6. The highest BCUT2D eigenvalue weighted by atomic mass is 16.2. The van der Waals surface area contributed by atoms with Gasteiger partial charge in [-0.2, -0.15) is 5.10 Å². The van der Waals surface area contributed by atoms with Gasteiger partial charge in [0.25, 0.3) is 5.91 Å². The number of nitrogens with zero attached hydrogens (tertiary/aromatic N) is 3. The van der Waals surface area contributed by atoms with E-state index in [1.54, 1.807) is 18.6 Å². The number of nitrogens with one attached hydrogen (secondary N) is 1. The first kappa shape index (κ1) is 14.1. The highest BCUT2D eigenvalue weighted by Gasteiger charge is 2.20. The molecule has 1 amide bonds. The standard InChI is InChI=1S/C14H17N5O/c1-9(2)13(15)14(20)19-18-8-10-3-4-11-12(7-10)17-6-5-16-11/h3-9,13H,15H2,1-2H3,(H,19,20)/p+1/t13-/m1/s1. The highest BCUT2D eigenvalue weighted by Crippen LogP contribution is 2.09. The molecule has 1 aromatic heterocycles. The van der Waals surface area contributed by atoms with Gasteiger partial charge in [-0.3, -0.25) is 14.8 Å². The molecule has 0 saturated heterocycles. The van der Waals surface area contributed by atoms with Gasteiger partial charge in [-0.15, -0.1) is 0 Å². The number of hydrazone groups is 1. The fraction of sp³-hybridized carbons (Fsp3) is 0.286. The Morgan fingerprint density at radius 3 is 2.70 bits per heavy atom. The van der Waals surface area contributed by atoms with Gasteiger partial charge in [-0.25, -0.2) is 5.43 Å². The Kier molecular flexibility index (Phi) is 4.37. The Balaban J connectivity index is 2.04. The minimum absolute atomic E-state index is 0.182. The van der Waals surface area contributed by atoms with Crippen molar-refractivity contribution in [3.8, 4) is 0 Å². The lowest BCUT2D eigenvalue weighted by molar-refractivity contribution is -0.414. The van der Waals surface area contributed by atoms with Gasteiger partial charge in [-0.1, -0.05) is 19.9 Å². The van der Waals surface area contributed by atoms with Crippen molar-refractivity contribution in [2.24, 2.45) is 11.0 Å². The van der Waals surface area contributed by atoms with Crippen LogP contribution in [-0.2, 0) is 4.79 Å². The molecular weight excluding hydrogens is 254 g/mol. The molecule has 0 bridgehead atoms. The van der Waals surface area contributed by atoms with Crippen molar-refractivity contribution >= 4 is 23.2 Å². The van der Waals surface area contributed by atoms with Crippen molar-refractivity contribution < 1.29 is 10.5 Å². The topological polar surface area (TPSA) is 94.9 Å². The summed E-state index contributed by atoms with van der Waals surface area (Å²) in [4.78, 5) is 20.1. The highest BCUT2D eigenvalue weighted by molar-refractivity contribution is 5.88. The Labute approximate surface area is 117 Å². The zero-order chi connectivity index (χ0) is 14.5. The van der Waals surface area contributed by atoms with Gasteiger partial charge in [0.05, 0.1) is 17.2 Å². The van der Waals surface area contributed by atoms with Crippen molar-refractivity contribution in [1.29, 1.82) is 0 Å². The van der Waals surface area contributed by atoms with Crippen LogP contribution in [0.3, 0.4) is 0 Å². The maximum absolute atomic E-state index is 11.7. The molecule has 1 aromatic carbocycles. The third-order valence-corrected chi connectivity index (χ3v) is 3.02. The molecule has 0 saturated carbocycles. The van der Waals surface area contributed by atoms with Gasteiger partial charge in [0, 0.05) is 18.3 Å². The molecule has 0 aliphatic rings. The molecule has 6 heteroatoms. The average Bonchev–Trinajstić information content (AvgIpc) is 2.46. The summed E-state index contributed by atoms with van der Waals surface area (Å²) in [5.41, 5.74) is 8.76. The smallest absolute Gasteiger partial charge is 0.298 e. The van der Waals surface area contributed by atoms with Crippen LogP contribution in [0.25, 0.3) is 11.0 Å². The van der Waals surface area contributed by atoms with Crippen LogP contribution in [-0.4, -0.2) is 28.1 Å². The van der Waals surface area contributed by atoms with Gasteiger partial charge in [0.2, 0.25) is 0 Å². The van der Waals surface area contributed by atoms with E-state index in [1.807, 2.05) is 32.0 Å². The molecule has 2 rings (SSSR count). The van der Waals surface area contributed by atoms with Crippen molar-refractivity contribution in [3.63, 3.8) is 0 Å². The van der Waals surface area contributed by atoms with E-state index in [2.05, 4.69) is 26.2 Å². The minimum atomic E-state index is -0.311. The number of carbonyl (C=O) groups is 1. The molecule has 1 atom stereocenters. The first-order valence-corrected chi connectivity index (χ1v) is 6.44. The second-order valence-corrected chi connectivity index (χ2v) is 4.89. The summed E-state index contributed by atoms with van der Waals surface area (Å²) in [5, 5.41) is 3.94. The van der Waals surface area contributed by atoms with Crippen LogP contribution >= 0.6 is 0 Å². The van der Waals surface area contributed by atoms with E-state index in [4.69, 9.17) is 0 Å². The predicted molar refractivity (Wildman–Crippen MR) is 76.8 cm³/mol. The lowest BCUT2D eigenvalue weighted by atomic mass is 10.1. The fourth-order valence-corrected chi connectivity index (χ4v) is 1.62. The number of hydrogen-bond acceptors (Lipinski definition) is 4. The number of benzene rings is 1. The lowest BCUT2D eigenvalue weighted by Gasteiger charge is -2.09. The fourth-order valence-electron chi connectivity index (χ4n) is 1.62. The second-order valence-electron chi connectivity index (χ2n) is 4.89.